The molecule has 1 amide bonds. The van der Waals surface area contributed by atoms with Crippen molar-refractivity contribution in [3.63, 3.8) is 0 Å². The second-order valence-corrected chi connectivity index (χ2v) is 6.82. The minimum absolute atomic E-state index is 0.0515. The van der Waals surface area contributed by atoms with Crippen LogP contribution in [-0.2, 0) is 4.79 Å². The van der Waals surface area contributed by atoms with E-state index in [1.165, 1.54) is 12.1 Å². The molecule has 22 heavy (non-hydrogen) atoms. The fraction of sp³-hybridized carbons (Fsp3) is 0.467. The monoisotopic (exact) mass is 326 g/mol. The molecule has 0 radical (unpaired) electrons. The molecule has 0 aliphatic heterocycles. The Bertz CT molecular complexity index is 534. The molecule has 122 valence electrons. The number of hydrogen-bond acceptors (Lipinski definition) is 3. The van der Waals surface area contributed by atoms with Crippen LogP contribution >= 0.6 is 11.8 Å². The fourth-order valence-corrected chi connectivity index (χ4v) is 1.74. The van der Waals surface area contributed by atoms with Gasteiger partial charge >= 0.3 is 0 Å². The number of anilines is 1. The van der Waals surface area contributed by atoms with Gasteiger partial charge in [0.15, 0.2) is 5.96 Å². The smallest absolute Gasteiger partial charge is 0.243 e. The summed E-state index contributed by atoms with van der Waals surface area (Å²) >= 11 is 1.75. The highest BCUT2D eigenvalue weighted by Gasteiger charge is 2.16. The standard InChI is InChI=1S/C15H23FN4OS/c1-15(2,22-4)10-19-14(17-3)18-9-13(21)20-12-7-5-6-11(16)8-12/h5-8H,9-10H2,1-4H3,(H,20,21)(H2,17,18,19). The molecule has 0 fully saturated rings. The molecule has 0 aliphatic rings. The molecule has 0 aliphatic carbocycles. The molecule has 7 heteroatoms. The number of nitrogens with one attached hydrogen (secondary N) is 3. The molecular weight excluding hydrogens is 303 g/mol. The van der Waals surface area contributed by atoms with Gasteiger partial charge in [-0.25, -0.2) is 4.39 Å². The van der Waals surface area contributed by atoms with Gasteiger partial charge in [-0.3, -0.25) is 9.79 Å². The highest BCUT2D eigenvalue weighted by molar-refractivity contribution is 7.99. The maximum absolute atomic E-state index is 13.0. The summed E-state index contributed by atoms with van der Waals surface area (Å²) in [5, 5.41) is 8.71. The van der Waals surface area contributed by atoms with Gasteiger partial charge in [0.25, 0.3) is 0 Å². The molecule has 0 bridgehead atoms. The Kier molecular flexibility index (Phi) is 7.17. The number of aliphatic imine (C=N–C) groups is 1. The fourth-order valence-electron chi connectivity index (χ4n) is 1.52. The molecule has 5 nitrogen and oxygen atoms in total. The lowest BCUT2D eigenvalue weighted by Crippen LogP contribution is -2.45. The number of thioether (sulfide) groups is 1. The molecule has 0 atom stereocenters. The number of amides is 1. The number of carbonyl (C=O) groups excluding carboxylic acids is 1. The summed E-state index contributed by atoms with van der Waals surface area (Å²) in [5.74, 6) is -0.100. The van der Waals surface area contributed by atoms with E-state index in [2.05, 4.69) is 34.8 Å². The van der Waals surface area contributed by atoms with Crippen LogP contribution in [-0.4, -0.2) is 43.0 Å². The van der Waals surface area contributed by atoms with Crippen molar-refractivity contribution in [1.29, 1.82) is 0 Å². The normalized spacial score (nSPS) is 12.0. The molecule has 0 saturated carbocycles. The number of rotatable bonds is 6. The van der Waals surface area contributed by atoms with Gasteiger partial charge in [-0.15, -0.1) is 0 Å². The molecule has 0 heterocycles. The van der Waals surface area contributed by atoms with Crippen molar-refractivity contribution >= 4 is 29.3 Å². The predicted octanol–water partition coefficient (Wildman–Crippen LogP) is 2.07. The molecule has 0 saturated heterocycles. The SMILES string of the molecule is CN=C(NCC(=O)Nc1cccc(F)c1)NCC(C)(C)SC. The average molecular weight is 326 g/mol. The Hall–Kier alpha value is -1.76. The summed E-state index contributed by atoms with van der Waals surface area (Å²) in [6, 6.07) is 5.78. The predicted molar refractivity (Wildman–Crippen MR) is 92.0 cm³/mol. The maximum atomic E-state index is 13.0. The van der Waals surface area contributed by atoms with Gasteiger partial charge in [-0.05, 0) is 38.3 Å². The van der Waals surface area contributed by atoms with E-state index in [0.29, 0.717) is 11.6 Å². The Morgan fingerprint density at radius 1 is 1.36 bits per heavy atom. The van der Waals surface area contributed by atoms with Crippen molar-refractivity contribution in [2.45, 2.75) is 18.6 Å². The zero-order chi connectivity index (χ0) is 16.6. The van der Waals surface area contributed by atoms with E-state index in [-0.39, 0.29) is 23.0 Å². The lowest BCUT2D eigenvalue weighted by atomic mass is 10.2. The molecule has 0 unspecified atom stereocenters. The van der Waals surface area contributed by atoms with Gasteiger partial charge in [0.1, 0.15) is 5.82 Å². The highest BCUT2D eigenvalue weighted by Crippen LogP contribution is 2.19. The molecule has 0 spiro atoms. The molecule has 1 aromatic rings. The van der Waals surface area contributed by atoms with Crippen LogP contribution in [0, 0.1) is 5.82 Å². The quantitative estimate of drug-likeness (QED) is 0.553. The molecule has 1 aromatic carbocycles. The number of nitrogens with zero attached hydrogens (tertiary/aromatic N) is 1. The van der Waals surface area contributed by atoms with Crippen molar-refractivity contribution in [1.82, 2.24) is 10.6 Å². The van der Waals surface area contributed by atoms with Crippen molar-refractivity contribution in [2.24, 2.45) is 4.99 Å². The van der Waals surface area contributed by atoms with Crippen LogP contribution in [0.15, 0.2) is 29.3 Å². The Balaban J connectivity index is 2.41. The first-order valence-corrected chi connectivity index (χ1v) is 8.14. The topological polar surface area (TPSA) is 65.5 Å². The van der Waals surface area contributed by atoms with Crippen LogP contribution in [0.25, 0.3) is 0 Å². The third kappa shape index (κ3) is 6.80. The van der Waals surface area contributed by atoms with Crippen molar-refractivity contribution in [3.8, 4) is 0 Å². The third-order valence-electron chi connectivity index (χ3n) is 2.98. The number of benzene rings is 1. The summed E-state index contributed by atoms with van der Waals surface area (Å²) < 4.78 is 13.1. The van der Waals surface area contributed by atoms with Crippen LogP contribution in [0.5, 0.6) is 0 Å². The van der Waals surface area contributed by atoms with E-state index in [4.69, 9.17) is 0 Å². The van der Waals surface area contributed by atoms with Crippen molar-refractivity contribution < 1.29 is 9.18 Å². The maximum Gasteiger partial charge on any atom is 0.243 e. The van der Waals surface area contributed by atoms with Gasteiger partial charge in [-0.2, -0.15) is 11.8 Å². The summed E-state index contributed by atoms with van der Waals surface area (Å²) in [7, 11) is 1.64. The van der Waals surface area contributed by atoms with Gasteiger partial charge in [0, 0.05) is 24.0 Å². The lowest BCUT2D eigenvalue weighted by molar-refractivity contribution is -0.115. The minimum Gasteiger partial charge on any atom is -0.355 e. The number of guanidine groups is 1. The second kappa shape index (κ2) is 8.63. The molecule has 1 rings (SSSR count). The van der Waals surface area contributed by atoms with E-state index < -0.39 is 0 Å². The van der Waals surface area contributed by atoms with E-state index in [0.717, 1.165) is 6.54 Å². The Morgan fingerprint density at radius 2 is 2.09 bits per heavy atom. The Morgan fingerprint density at radius 3 is 2.68 bits per heavy atom. The van der Waals surface area contributed by atoms with E-state index in [1.54, 1.807) is 30.9 Å². The van der Waals surface area contributed by atoms with Crippen LogP contribution < -0.4 is 16.0 Å². The summed E-state index contributed by atoms with van der Waals surface area (Å²) in [6.45, 7) is 5.01. The highest BCUT2D eigenvalue weighted by atomic mass is 32.2. The number of halogens is 1. The zero-order valence-electron chi connectivity index (χ0n) is 13.4. The average Bonchev–Trinajstić information content (AvgIpc) is 2.47. The number of carbonyl (C=O) groups is 1. The van der Waals surface area contributed by atoms with E-state index in [9.17, 15) is 9.18 Å². The van der Waals surface area contributed by atoms with Crippen LogP contribution in [0.4, 0.5) is 10.1 Å². The minimum atomic E-state index is -0.387. The Labute approximate surface area is 135 Å². The first-order valence-electron chi connectivity index (χ1n) is 6.91. The first-order chi connectivity index (χ1) is 10.4. The number of hydrogen-bond donors (Lipinski definition) is 3. The van der Waals surface area contributed by atoms with Crippen LogP contribution in [0.1, 0.15) is 13.8 Å². The van der Waals surface area contributed by atoms with Crippen molar-refractivity contribution in [3.05, 3.63) is 30.1 Å². The summed E-state index contributed by atoms with van der Waals surface area (Å²) in [5.41, 5.74) is 0.429. The molecule has 0 aromatic heterocycles. The van der Waals surface area contributed by atoms with Crippen LogP contribution in [0.2, 0.25) is 0 Å². The largest absolute Gasteiger partial charge is 0.355 e. The lowest BCUT2D eigenvalue weighted by Gasteiger charge is -2.23. The van der Waals surface area contributed by atoms with Gasteiger partial charge in [0.05, 0.1) is 6.54 Å². The summed E-state index contributed by atoms with van der Waals surface area (Å²) in [6.07, 6.45) is 2.05. The van der Waals surface area contributed by atoms with Gasteiger partial charge in [0.2, 0.25) is 5.91 Å². The van der Waals surface area contributed by atoms with Crippen molar-refractivity contribution in [2.75, 3.05) is 31.7 Å². The third-order valence-corrected chi connectivity index (χ3v) is 4.23. The summed E-state index contributed by atoms with van der Waals surface area (Å²) in [4.78, 5) is 15.9. The second-order valence-electron chi connectivity index (χ2n) is 5.30. The zero-order valence-corrected chi connectivity index (χ0v) is 14.2. The van der Waals surface area contributed by atoms with Gasteiger partial charge < -0.3 is 16.0 Å². The van der Waals surface area contributed by atoms with E-state index >= 15 is 0 Å². The first kappa shape index (κ1) is 18.3. The van der Waals surface area contributed by atoms with Gasteiger partial charge in [-0.1, -0.05) is 6.07 Å². The molecule has 3 N–H and O–H groups in total. The van der Waals surface area contributed by atoms with Crippen LogP contribution in [0.3, 0.4) is 0 Å². The molecular formula is C15H23FN4OS. The van der Waals surface area contributed by atoms with E-state index in [1.807, 2.05) is 6.26 Å².